The molecule has 23 heavy (non-hydrogen) atoms. The van der Waals surface area contributed by atoms with Gasteiger partial charge in [-0.2, -0.15) is 0 Å². The Morgan fingerprint density at radius 1 is 0.957 bits per heavy atom. The van der Waals surface area contributed by atoms with Gasteiger partial charge in [-0.1, -0.05) is 74.0 Å². The molecule has 0 saturated carbocycles. The van der Waals surface area contributed by atoms with Gasteiger partial charge in [0, 0.05) is 12.1 Å². The Balaban J connectivity index is 2.21. The number of hydrogen-bond acceptors (Lipinski definition) is 1. The third kappa shape index (κ3) is 3.14. The summed E-state index contributed by atoms with van der Waals surface area (Å²) in [5.74, 6) is 0.404. The maximum Gasteiger partial charge on any atom is 0.275 e. The van der Waals surface area contributed by atoms with Crippen LogP contribution < -0.4 is 5.56 Å². The van der Waals surface area contributed by atoms with Gasteiger partial charge in [-0.25, -0.2) is 0 Å². The highest BCUT2D eigenvalue weighted by Gasteiger charge is 2.17. The minimum absolute atomic E-state index is 0.0421. The fourth-order valence-electron chi connectivity index (χ4n) is 2.78. The topological polar surface area (TPSA) is 37.8 Å². The van der Waals surface area contributed by atoms with Crippen LogP contribution in [-0.2, 0) is 6.54 Å². The second-order valence-corrected chi connectivity index (χ2v) is 6.40. The standard InChI is InChI=1S/C20H22N2O/c1-14(2)13-22-20(23)18(16-7-5-4-6-8-16)19(21-22)17-11-9-15(3)10-12-17/h4-12,14,21H,13H2,1-3H3. The Hall–Kier alpha value is -2.55. The van der Waals surface area contributed by atoms with Crippen molar-refractivity contribution in [1.29, 1.82) is 0 Å². The predicted molar refractivity (Wildman–Crippen MR) is 95.5 cm³/mol. The number of nitrogens with zero attached hydrogens (tertiary/aromatic N) is 1. The summed E-state index contributed by atoms with van der Waals surface area (Å²) in [5.41, 5.74) is 4.87. The first-order valence-electron chi connectivity index (χ1n) is 8.01. The van der Waals surface area contributed by atoms with Gasteiger partial charge in [-0.3, -0.25) is 14.6 Å². The van der Waals surface area contributed by atoms with E-state index < -0.39 is 0 Å². The van der Waals surface area contributed by atoms with Crippen LogP contribution in [0.1, 0.15) is 19.4 Å². The number of hydrogen-bond donors (Lipinski definition) is 1. The Morgan fingerprint density at radius 3 is 2.22 bits per heavy atom. The maximum atomic E-state index is 12.9. The largest absolute Gasteiger partial charge is 0.294 e. The van der Waals surface area contributed by atoms with Gasteiger partial charge in [0.05, 0.1) is 11.3 Å². The van der Waals surface area contributed by atoms with E-state index in [1.165, 1.54) is 5.56 Å². The van der Waals surface area contributed by atoms with Gasteiger partial charge in [0.25, 0.3) is 5.56 Å². The predicted octanol–water partition coefficient (Wildman–Crippen LogP) is 4.47. The summed E-state index contributed by atoms with van der Waals surface area (Å²) in [4.78, 5) is 12.9. The smallest absolute Gasteiger partial charge is 0.275 e. The zero-order valence-corrected chi connectivity index (χ0v) is 13.8. The lowest BCUT2D eigenvalue weighted by molar-refractivity contribution is 0.474. The molecule has 0 unspecified atom stereocenters. The molecular weight excluding hydrogens is 284 g/mol. The highest BCUT2D eigenvalue weighted by Crippen LogP contribution is 2.28. The fraction of sp³-hybridized carbons (Fsp3) is 0.250. The van der Waals surface area contributed by atoms with Gasteiger partial charge >= 0.3 is 0 Å². The minimum Gasteiger partial charge on any atom is -0.294 e. The van der Waals surface area contributed by atoms with E-state index in [1.54, 1.807) is 4.68 Å². The molecule has 1 aromatic heterocycles. The highest BCUT2D eigenvalue weighted by atomic mass is 16.1. The van der Waals surface area contributed by atoms with Crippen LogP contribution in [0.15, 0.2) is 59.4 Å². The number of rotatable bonds is 4. The zero-order valence-electron chi connectivity index (χ0n) is 13.8. The molecule has 0 amide bonds. The molecule has 0 atom stereocenters. The Bertz CT molecular complexity index is 840. The van der Waals surface area contributed by atoms with Crippen molar-refractivity contribution in [2.45, 2.75) is 27.3 Å². The van der Waals surface area contributed by atoms with E-state index in [9.17, 15) is 4.79 Å². The molecule has 0 fully saturated rings. The van der Waals surface area contributed by atoms with Crippen molar-refractivity contribution in [3.05, 3.63) is 70.5 Å². The van der Waals surface area contributed by atoms with Crippen LogP contribution in [0.3, 0.4) is 0 Å². The summed E-state index contributed by atoms with van der Waals surface area (Å²) in [7, 11) is 0. The summed E-state index contributed by atoms with van der Waals surface area (Å²) in [5, 5.41) is 3.32. The van der Waals surface area contributed by atoms with Gasteiger partial charge in [-0.05, 0) is 18.4 Å². The number of aromatic amines is 1. The molecule has 0 aliphatic rings. The van der Waals surface area contributed by atoms with Crippen LogP contribution in [0.2, 0.25) is 0 Å². The molecule has 0 saturated heterocycles. The molecule has 3 heteroatoms. The number of nitrogens with one attached hydrogen (secondary N) is 1. The van der Waals surface area contributed by atoms with E-state index >= 15 is 0 Å². The van der Waals surface area contributed by atoms with Gasteiger partial charge in [0.15, 0.2) is 0 Å². The summed E-state index contributed by atoms with van der Waals surface area (Å²) in [6.45, 7) is 6.97. The molecule has 118 valence electrons. The summed E-state index contributed by atoms with van der Waals surface area (Å²) in [6.07, 6.45) is 0. The van der Waals surface area contributed by atoms with Crippen LogP contribution in [0.4, 0.5) is 0 Å². The molecule has 0 aliphatic carbocycles. The Kier molecular flexibility index (Phi) is 4.20. The van der Waals surface area contributed by atoms with Gasteiger partial charge in [0.2, 0.25) is 0 Å². The van der Waals surface area contributed by atoms with Crippen LogP contribution in [0.25, 0.3) is 22.4 Å². The van der Waals surface area contributed by atoms with Crippen molar-refractivity contribution in [3.63, 3.8) is 0 Å². The lowest BCUT2D eigenvalue weighted by Crippen LogP contribution is -2.20. The third-order valence-electron chi connectivity index (χ3n) is 3.91. The molecule has 0 spiro atoms. The van der Waals surface area contributed by atoms with Crippen LogP contribution in [-0.4, -0.2) is 9.78 Å². The quantitative estimate of drug-likeness (QED) is 0.758. The minimum atomic E-state index is 0.0421. The second kappa shape index (κ2) is 6.29. The Labute approximate surface area is 136 Å². The fourth-order valence-corrected chi connectivity index (χ4v) is 2.78. The average Bonchev–Trinajstić information content (AvgIpc) is 2.85. The summed E-state index contributed by atoms with van der Waals surface area (Å²) in [6, 6.07) is 18.1. The summed E-state index contributed by atoms with van der Waals surface area (Å²) >= 11 is 0. The normalized spacial score (nSPS) is 11.1. The van der Waals surface area contributed by atoms with Crippen LogP contribution in [0.5, 0.6) is 0 Å². The number of aromatic nitrogens is 2. The monoisotopic (exact) mass is 306 g/mol. The highest BCUT2D eigenvalue weighted by molar-refractivity contribution is 5.80. The molecule has 0 aliphatic heterocycles. The van der Waals surface area contributed by atoms with Crippen molar-refractivity contribution in [2.75, 3.05) is 0 Å². The van der Waals surface area contributed by atoms with Gasteiger partial charge in [0.1, 0.15) is 0 Å². The zero-order chi connectivity index (χ0) is 16.4. The van der Waals surface area contributed by atoms with Gasteiger partial charge < -0.3 is 0 Å². The number of aryl methyl sites for hydroxylation is 1. The Morgan fingerprint density at radius 2 is 1.61 bits per heavy atom. The first-order valence-corrected chi connectivity index (χ1v) is 8.01. The SMILES string of the molecule is Cc1ccc(-c2[nH]n(CC(C)C)c(=O)c2-c2ccccc2)cc1. The first-order chi connectivity index (χ1) is 11.1. The van der Waals surface area contributed by atoms with E-state index in [1.807, 2.05) is 30.3 Å². The van der Waals surface area contributed by atoms with Crippen molar-refractivity contribution in [3.8, 4) is 22.4 Å². The van der Waals surface area contributed by atoms with Crippen molar-refractivity contribution >= 4 is 0 Å². The molecular formula is C20H22N2O. The number of H-pyrrole nitrogens is 1. The summed E-state index contributed by atoms with van der Waals surface area (Å²) < 4.78 is 1.72. The van der Waals surface area contributed by atoms with Crippen LogP contribution >= 0.6 is 0 Å². The van der Waals surface area contributed by atoms with E-state index in [4.69, 9.17) is 0 Å². The first kappa shape index (κ1) is 15.3. The number of benzene rings is 2. The van der Waals surface area contributed by atoms with E-state index in [0.717, 1.165) is 22.4 Å². The molecule has 0 radical (unpaired) electrons. The molecule has 2 aromatic carbocycles. The molecule has 3 aromatic rings. The maximum absolute atomic E-state index is 12.9. The molecule has 3 nitrogen and oxygen atoms in total. The van der Waals surface area contributed by atoms with Crippen molar-refractivity contribution in [2.24, 2.45) is 5.92 Å². The lowest BCUT2D eigenvalue weighted by Gasteiger charge is -2.05. The molecule has 3 rings (SSSR count). The van der Waals surface area contributed by atoms with Crippen LogP contribution in [0, 0.1) is 12.8 Å². The van der Waals surface area contributed by atoms with Crippen molar-refractivity contribution < 1.29 is 0 Å². The van der Waals surface area contributed by atoms with E-state index in [2.05, 4.69) is 50.1 Å². The van der Waals surface area contributed by atoms with E-state index in [0.29, 0.717) is 12.5 Å². The van der Waals surface area contributed by atoms with E-state index in [-0.39, 0.29) is 5.56 Å². The molecule has 1 heterocycles. The molecule has 0 bridgehead atoms. The third-order valence-corrected chi connectivity index (χ3v) is 3.91. The second-order valence-electron chi connectivity index (χ2n) is 6.40. The van der Waals surface area contributed by atoms with Gasteiger partial charge in [-0.15, -0.1) is 0 Å². The average molecular weight is 306 g/mol. The van der Waals surface area contributed by atoms with Crippen molar-refractivity contribution in [1.82, 2.24) is 9.78 Å². The lowest BCUT2D eigenvalue weighted by atomic mass is 10.0. The molecule has 1 N–H and O–H groups in total.